The van der Waals surface area contributed by atoms with Crippen molar-refractivity contribution in [1.82, 2.24) is 9.38 Å². The van der Waals surface area contributed by atoms with E-state index in [-0.39, 0.29) is 5.56 Å². The lowest BCUT2D eigenvalue weighted by molar-refractivity contribution is 0.324. The van der Waals surface area contributed by atoms with Gasteiger partial charge in [-0.2, -0.15) is 0 Å². The average molecular weight is 312 g/mol. The van der Waals surface area contributed by atoms with Crippen molar-refractivity contribution in [2.45, 2.75) is 0 Å². The highest BCUT2D eigenvalue weighted by Gasteiger charge is 2.15. The largest absolute Gasteiger partial charge is 0.493 e. The second-order valence-corrected chi connectivity index (χ2v) is 4.82. The topological polar surface area (TPSA) is 62.1 Å². The summed E-state index contributed by atoms with van der Waals surface area (Å²) in [4.78, 5) is 16.8. The van der Waals surface area contributed by atoms with E-state index in [9.17, 15) is 4.79 Å². The predicted molar refractivity (Wildman–Crippen MR) is 86.6 cm³/mol. The zero-order chi connectivity index (χ0) is 16.4. The Kier molecular flexibility index (Phi) is 3.89. The maximum Gasteiger partial charge on any atom is 0.258 e. The van der Waals surface area contributed by atoms with Crippen molar-refractivity contribution < 1.29 is 14.2 Å². The quantitative estimate of drug-likeness (QED) is 0.740. The standard InChI is InChI=1S/C17H16N2O4/c1-21-13-8-11(9-14(22-2)17(13)23-3)12-10-16(20)19-7-5-4-6-15(19)18-12/h4-10H,1-3H3. The van der Waals surface area contributed by atoms with Crippen LogP contribution in [-0.2, 0) is 0 Å². The van der Waals surface area contributed by atoms with Gasteiger partial charge in [0, 0.05) is 17.8 Å². The van der Waals surface area contributed by atoms with Crippen LogP contribution < -0.4 is 19.8 Å². The van der Waals surface area contributed by atoms with Crippen LogP contribution in [0.25, 0.3) is 16.9 Å². The fraction of sp³-hybridized carbons (Fsp3) is 0.176. The lowest BCUT2D eigenvalue weighted by Crippen LogP contribution is -2.13. The van der Waals surface area contributed by atoms with Gasteiger partial charge >= 0.3 is 0 Å². The molecule has 118 valence electrons. The highest BCUT2D eigenvalue weighted by molar-refractivity contribution is 5.69. The number of hydrogen-bond acceptors (Lipinski definition) is 5. The van der Waals surface area contributed by atoms with E-state index in [1.807, 2.05) is 6.07 Å². The van der Waals surface area contributed by atoms with Crippen molar-refractivity contribution in [1.29, 1.82) is 0 Å². The van der Waals surface area contributed by atoms with Crippen LogP contribution in [0.4, 0.5) is 0 Å². The first-order chi connectivity index (χ1) is 11.2. The molecular formula is C17H16N2O4. The molecule has 3 aromatic rings. The Morgan fingerprint density at radius 3 is 2.26 bits per heavy atom. The Morgan fingerprint density at radius 2 is 1.65 bits per heavy atom. The highest BCUT2D eigenvalue weighted by atomic mass is 16.5. The van der Waals surface area contributed by atoms with Crippen molar-refractivity contribution in [3.05, 3.63) is 52.9 Å². The van der Waals surface area contributed by atoms with Crippen LogP contribution >= 0.6 is 0 Å². The third-order valence-corrected chi connectivity index (χ3v) is 3.53. The molecule has 0 unspecified atom stereocenters. The zero-order valence-corrected chi connectivity index (χ0v) is 13.1. The Balaban J connectivity index is 2.24. The molecule has 0 amide bonds. The molecule has 6 nitrogen and oxygen atoms in total. The fourth-order valence-electron chi connectivity index (χ4n) is 2.43. The number of pyridine rings is 1. The third-order valence-electron chi connectivity index (χ3n) is 3.53. The first kappa shape index (κ1) is 14.9. The van der Waals surface area contributed by atoms with Gasteiger partial charge in [0.2, 0.25) is 5.75 Å². The van der Waals surface area contributed by atoms with Gasteiger partial charge in [0.1, 0.15) is 5.65 Å². The maximum absolute atomic E-state index is 12.2. The predicted octanol–water partition coefficient (Wildman–Crippen LogP) is 2.39. The molecular weight excluding hydrogens is 296 g/mol. The van der Waals surface area contributed by atoms with E-state index >= 15 is 0 Å². The van der Waals surface area contributed by atoms with Gasteiger partial charge < -0.3 is 14.2 Å². The summed E-state index contributed by atoms with van der Waals surface area (Å²) in [5.74, 6) is 1.52. The van der Waals surface area contributed by atoms with E-state index in [2.05, 4.69) is 4.98 Å². The van der Waals surface area contributed by atoms with E-state index in [4.69, 9.17) is 14.2 Å². The molecule has 0 aliphatic carbocycles. The van der Waals surface area contributed by atoms with Gasteiger partial charge in [0.05, 0.1) is 27.0 Å². The second kappa shape index (κ2) is 6.00. The van der Waals surface area contributed by atoms with E-state index in [1.165, 1.54) is 10.5 Å². The number of benzene rings is 1. The molecule has 0 bridgehead atoms. The molecule has 0 N–H and O–H groups in total. The zero-order valence-electron chi connectivity index (χ0n) is 13.1. The smallest absolute Gasteiger partial charge is 0.258 e. The van der Waals surface area contributed by atoms with Gasteiger partial charge in [-0.25, -0.2) is 4.98 Å². The van der Waals surface area contributed by atoms with E-state index < -0.39 is 0 Å². The van der Waals surface area contributed by atoms with Gasteiger partial charge in [-0.3, -0.25) is 9.20 Å². The molecule has 6 heteroatoms. The third kappa shape index (κ3) is 2.59. The molecule has 1 aromatic carbocycles. The summed E-state index contributed by atoms with van der Waals surface area (Å²) in [7, 11) is 4.63. The summed E-state index contributed by atoms with van der Waals surface area (Å²) in [5, 5.41) is 0. The number of nitrogens with zero attached hydrogens (tertiary/aromatic N) is 2. The molecule has 2 heterocycles. The van der Waals surface area contributed by atoms with Gasteiger partial charge in [-0.15, -0.1) is 0 Å². The number of rotatable bonds is 4. The van der Waals surface area contributed by atoms with Crippen molar-refractivity contribution >= 4 is 5.65 Å². The summed E-state index contributed by atoms with van der Waals surface area (Å²) in [6.07, 6.45) is 1.68. The monoisotopic (exact) mass is 312 g/mol. The number of hydrogen-bond donors (Lipinski definition) is 0. The first-order valence-electron chi connectivity index (χ1n) is 6.96. The van der Waals surface area contributed by atoms with Crippen molar-refractivity contribution in [2.24, 2.45) is 0 Å². The van der Waals surface area contributed by atoms with Crippen molar-refractivity contribution in [3.8, 4) is 28.5 Å². The molecule has 0 saturated carbocycles. The second-order valence-electron chi connectivity index (χ2n) is 4.82. The number of fused-ring (bicyclic) bond motifs is 1. The number of aromatic nitrogens is 2. The molecule has 0 radical (unpaired) electrons. The van der Waals surface area contributed by atoms with Crippen LogP contribution in [0.5, 0.6) is 17.2 Å². The SMILES string of the molecule is COc1cc(-c2cc(=O)n3ccccc3n2)cc(OC)c1OC. The average Bonchev–Trinajstić information content (AvgIpc) is 2.60. The van der Waals surface area contributed by atoms with Crippen LogP contribution in [0.1, 0.15) is 0 Å². The van der Waals surface area contributed by atoms with Crippen LogP contribution in [-0.4, -0.2) is 30.7 Å². The van der Waals surface area contributed by atoms with Gasteiger partial charge in [0.25, 0.3) is 5.56 Å². The van der Waals surface area contributed by atoms with E-state index in [0.717, 1.165) is 0 Å². The fourth-order valence-corrected chi connectivity index (χ4v) is 2.43. The van der Waals surface area contributed by atoms with Gasteiger partial charge in [-0.05, 0) is 24.3 Å². The Morgan fingerprint density at radius 1 is 0.957 bits per heavy atom. The first-order valence-corrected chi connectivity index (χ1v) is 6.96. The molecule has 0 spiro atoms. The minimum atomic E-state index is -0.153. The summed E-state index contributed by atoms with van der Waals surface area (Å²) in [6.45, 7) is 0. The minimum absolute atomic E-state index is 0.153. The lowest BCUT2D eigenvalue weighted by Gasteiger charge is -2.14. The van der Waals surface area contributed by atoms with Crippen LogP contribution in [0, 0.1) is 0 Å². The summed E-state index contributed by atoms with van der Waals surface area (Å²) in [5.41, 5.74) is 1.67. The van der Waals surface area contributed by atoms with Gasteiger partial charge in [-0.1, -0.05) is 6.07 Å². The van der Waals surface area contributed by atoms with Crippen molar-refractivity contribution in [3.63, 3.8) is 0 Å². The molecule has 0 aliphatic rings. The van der Waals surface area contributed by atoms with Gasteiger partial charge in [0.15, 0.2) is 11.5 Å². The molecule has 2 aromatic heterocycles. The Bertz CT molecular complexity index is 893. The molecule has 0 aliphatic heterocycles. The normalized spacial score (nSPS) is 10.6. The van der Waals surface area contributed by atoms with Crippen LogP contribution in [0.15, 0.2) is 47.4 Å². The Hall–Kier alpha value is -3.02. The highest BCUT2D eigenvalue weighted by Crippen LogP contribution is 2.40. The Labute approximate surface area is 132 Å². The molecule has 0 atom stereocenters. The summed E-state index contributed by atoms with van der Waals surface area (Å²) in [6, 6.07) is 10.4. The van der Waals surface area contributed by atoms with E-state index in [0.29, 0.717) is 34.2 Å². The molecule has 23 heavy (non-hydrogen) atoms. The molecule has 3 rings (SSSR count). The van der Waals surface area contributed by atoms with Crippen LogP contribution in [0.3, 0.4) is 0 Å². The number of ether oxygens (including phenoxy) is 3. The molecule has 0 fully saturated rings. The lowest BCUT2D eigenvalue weighted by atomic mass is 10.1. The summed E-state index contributed by atoms with van der Waals surface area (Å²) < 4.78 is 17.5. The maximum atomic E-state index is 12.2. The van der Waals surface area contributed by atoms with Crippen LogP contribution in [0.2, 0.25) is 0 Å². The van der Waals surface area contributed by atoms with Crippen molar-refractivity contribution in [2.75, 3.05) is 21.3 Å². The summed E-state index contributed by atoms with van der Waals surface area (Å²) >= 11 is 0. The number of methoxy groups -OCH3 is 3. The van der Waals surface area contributed by atoms with E-state index in [1.54, 1.807) is 51.8 Å². The molecule has 0 saturated heterocycles. The minimum Gasteiger partial charge on any atom is -0.493 e.